The van der Waals surface area contributed by atoms with Crippen LogP contribution in [0.1, 0.15) is 97.3 Å². The smallest absolute Gasteiger partial charge is 0.350 e. The van der Waals surface area contributed by atoms with Crippen molar-refractivity contribution in [3.8, 4) is 5.75 Å². The number of amides is 1. The minimum absolute atomic E-state index is 0.0591. The predicted octanol–water partition coefficient (Wildman–Crippen LogP) is 6.93. The van der Waals surface area contributed by atoms with Gasteiger partial charge in [0.25, 0.3) is 0 Å². The first-order valence-corrected chi connectivity index (χ1v) is 21.9. The minimum Gasteiger partial charge on any atom is -0.497 e. The van der Waals surface area contributed by atoms with Crippen LogP contribution in [0.2, 0.25) is 22.2 Å². The molecule has 1 N–H and O–H groups in total. The van der Waals surface area contributed by atoms with E-state index in [9.17, 15) is 14.4 Å². The van der Waals surface area contributed by atoms with Crippen LogP contribution < -0.4 is 15.7 Å². The van der Waals surface area contributed by atoms with E-state index >= 15 is 0 Å². The predicted molar refractivity (Wildman–Crippen MR) is 191 cm³/mol. The lowest BCUT2D eigenvalue weighted by Crippen LogP contribution is -2.69. The summed E-state index contributed by atoms with van der Waals surface area (Å²) < 4.78 is 35.3. The lowest BCUT2D eigenvalue weighted by molar-refractivity contribution is -0.114. The molecule has 5 atom stereocenters. The first-order chi connectivity index (χ1) is 22.6. The van der Waals surface area contributed by atoms with E-state index < -0.39 is 51.1 Å². The molecule has 1 aliphatic carbocycles. The fourth-order valence-electron chi connectivity index (χ4n) is 7.72. The number of aromatic nitrogens is 2. The second-order valence-corrected chi connectivity index (χ2v) is 24.7. The van der Waals surface area contributed by atoms with E-state index in [1.165, 1.54) is 11.5 Å². The number of hydrogen-bond donors (Lipinski definition) is 1. The van der Waals surface area contributed by atoms with Crippen LogP contribution in [-0.4, -0.2) is 68.7 Å². The van der Waals surface area contributed by atoms with Crippen molar-refractivity contribution in [2.45, 2.75) is 132 Å². The molecule has 264 valence electrons. The molecule has 2 aromatic rings. The normalized spacial score (nSPS) is 27.8. The Morgan fingerprint density at radius 2 is 1.58 bits per heavy atom. The lowest BCUT2D eigenvalue weighted by Gasteiger charge is -2.55. The first-order valence-electron chi connectivity index (χ1n) is 17.1. The number of ether oxygens (including phenoxy) is 2. The van der Waals surface area contributed by atoms with Gasteiger partial charge in [0, 0.05) is 13.1 Å². The molecule has 1 saturated carbocycles. The third kappa shape index (κ3) is 6.44. The number of thioether (sulfide) groups is 1. The highest BCUT2D eigenvalue weighted by Crippen LogP contribution is 2.63. The lowest BCUT2D eigenvalue weighted by atomic mass is 9.93. The first kappa shape index (κ1) is 36.8. The Morgan fingerprint density at radius 3 is 2.12 bits per heavy atom. The summed E-state index contributed by atoms with van der Waals surface area (Å²) in [5, 5.41) is 1.91. The van der Waals surface area contributed by atoms with Crippen molar-refractivity contribution in [2.24, 2.45) is 0 Å². The van der Waals surface area contributed by atoms with E-state index in [4.69, 9.17) is 22.4 Å². The number of nitrogens with one attached hydrogen (secondary N) is 1. The highest BCUT2D eigenvalue weighted by molar-refractivity contribution is 8.01. The summed E-state index contributed by atoms with van der Waals surface area (Å²) in [6.07, 6.45) is 2.37. The third-order valence-corrected chi connectivity index (χ3v) is 22.3. The molecule has 1 aromatic heterocycles. The maximum Gasteiger partial charge on any atom is 0.350 e. The average molecular weight is 718 g/mol. The Labute approximate surface area is 290 Å². The second kappa shape index (κ2) is 14.0. The molecule has 1 unspecified atom stereocenters. The SMILES string of the molecule is COc1ccc(C(=O)O[C@H]2[C@H](n3ccc(NC(C)=O)nc3=O)SC34CCC[C@@H]3O[Si](C(C)C)(C(C)C)O[Si](C(C)C)(C(C)C)O[C@@H]24)cc1. The number of nitrogens with zero attached hydrogens (tertiary/aromatic N) is 2. The summed E-state index contributed by atoms with van der Waals surface area (Å²) in [7, 11) is -4.45. The van der Waals surface area contributed by atoms with Crippen molar-refractivity contribution in [3.63, 3.8) is 0 Å². The molecule has 2 saturated heterocycles. The van der Waals surface area contributed by atoms with Crippen LogP contribution >= 0.6 is 11.8 Å². The molecular weight excluding hydrogens is 667 g/mol. The van der Waals surface area contributed by atoms with E-state index in [1.807, 2.05) is 0 Å². The quantitative estimate of drug-likeness (QED) is 0.216. The van der Waals surface area contributed by atoms with Crippen molar-refractivity contribution >= 4 is 46.6 Å². The molecule has 0 bridgehead atoms. The van der Waals surface area contributed by atoms with Crippen LogP contribution in [0.15, 0.2) is 41.3 Å². The number of esters is 1. The summed E-state index contributed by atoms with van der Waals surface area (Å²) in [5.41, 5.74) is 0.242. The van der Waals surface area contributed by atoms with Crippen molar-refractivity contribution in [3.05, 3.63) is 52.6 Å². The van der Waals surface area contributed by atoms with Gasteiger partial charge in [-0.2, -0.15) is 4.98 Å². The Morgan fingerprint density at radius 1 is 0.979 bits per heavy atom. The number of carbonyl (C=O) groups excluding carboxylic acids is 2. The monoisotopic (exact) mass is 717 g/mol. The fraction of sp³-hybridized carbons (Fsp3) is 0.647. The van der Waals surface area contributed by atoms with Gasteiger partial charge in [0.2, 0.25) is 5.91 Å². The van der Waals surface area contributed by atoms with Gasteiger partial charge < -0.3 is 27.8 Å². The molecule has 0 radical (unpaired) electrons. The van der Waals surface area contributed by atoms with Gasteiger partial charge in [-0.15, -0.1) is 11.8 Å². The molecule has 1 amide bonds. The van der Waals surface area contributed by atoms with E-state index in [0.29, 0.717) is 11.3 Å². The number of rotatable bonds is 9. The van der Waals surface area contributed by atoms with E-state index in [-0.39, 0.29) is 40.0 Å². The Kier molecular flexibility index (Phi) is 10.7. The van der Waals surface area contributed by atoms with Crippen molar-refractivity contribution in [1.29, 1.82) is 0 Å². The van der Waals surface area contributed by atoms with Crippen molar-refractivity contribution < 1.29 is 32.0 Å². The van der Waals surface area contributed by atoms with Gasteiger partial charge in [0.15, 0.2) is 6.10 Å². The zero-order valence-electron chi connectivity index (χ0n) is 29.8. The molecule has 3 aliphatic rings. The molecule has 1 aromatic carbocycles. The zero-order valence-corrected chi connectivity index (χ0v) is 32.6. The highest BCUT2D eigenvalue weighted by Gasteiger charge is 2.70. The molecular formula is C34H51N3O8SSi2. The highest BCUT2D eigenvalue weighted by atomic mass is 32.2. The summed E-state index contributed by atoms with van der Waals surface area (Å²) in [6.45, 7) is 18.9. The second-order valence-electron chi connectivity index (χ2n) is 14.4. The Balaban J connectivity index is 1.70. The summed E-state index contributed by atoms with van der Waals surface area (Å²) in [4.78, 5) is 43.5. The van der Waals surface area contributed by atoms with Crippen LogP contribution in [0.5, 0.6) is 5.75 Å². The van der Waals surface area contributed by atoms with E-state index in [1.54, 1.807) is 55.4 Å². The molecule has 11 nitrogen and oxygen atoms in total. The van der Waals surface area contributed by atoms with Gasteiger partial charge in [-0.05, 0) is 71.8 Å². The van der Waals surface area contributed by atoms with Crippen LogP contribution in [0.4, 0.5) is 5.82 Å². The van der Waals surface area contributed by atoms with Gasteiger partial charge in [-0.1, -0.05) is 55.4 Å². The molecule has 48 heavy (non-hydrogen) atoms. The summed E-state index contributed by atoms with van der Waals surface area (Å²) in [5.74, 6) is -0.0805. The fourth-order valence-corrected chi connectivity index (χ4v) is 21.3. The number of carbonyl (C=O) groups is 2. The zero-order chi connectivity index (χ0) is 35.2. The van der Waals surface area contributed by atoms with Gasteiger partial charge >= 0.3 is 28.8 Å². The number of benzene rings is 1. The number of anilines is 1. The van der Waals surface area contributed by atoms with Gasteiger partial charge in [-0.25, -0.2) is 9.59 Å². The number of methoxy groups -OCH3 is 1. The van der Waals surface area contributed by atoms with Gasteiger partial charge in [-0.3, -0.25) is 9.36 Å². The van der Waals surface area contributed by atoms with Gasteiger partial charge in [0.1, 0.15) is 23.0 Å². The molecule has 3 heterocycles. The summed E-state index contributed by atoms with van der Waals surface area (Å²) >= 11 is 1.60. The summed E-state index contributed by atoms with van der Waals surface area (Å²) in [6, 6.07) is 8.35. The van der Waals surface area contributed by atoms with E-state index in [2.05, 4.69) is 65.7 Å². The van der Waals surface area contributed by atoms with Gasteiger partial charge in [0.05, 0.1) is 23.5 Å². The maximum atomic E-state index is 13.9. The largest absolute Gasteiger partial charge is 0.497 e. The maximum absolute atomic E-state index is 13.9. The molecule has 3 fully saturated rings. The van der Waals surface area contributed by atoms with Crippen molar-refractivity contribution in [2.75, 3.05) is 12.4 Å². The minimum atomic E-state index is -3.12. The van der Waals surface area contributed by atoms with Crippen LogP contribution in [0.3, 0.4) is 0 Å². The number of hydrogen-bond acceptors (Lipinski definition) is 10. The molecule has 14 heteroatoms. The van der Waals surface area contributed by atoms with E-state index in [0.717, 1.165) is 19.3 Å². The Hall–Kier alpha value is -2.50. The van der Waals surface area contributed by atoms with Crippen LogP contribution in [0, 0.1) is 0 Å². The van der Waals surface area contributed by atoms with Crippen molar-refractivity contribution in [1.82, 2.24) is 9.55 Å². The van der Waals surface area contributed by atoms with Crippen LogP contribution in [0.25, 0.3) is 0 Å². The average Bonchev–Trinajstić information content (AvgIpc) is 3.53. The standard InChI is InChI=1S/C34H51N3O8SSi2/c1-20(2)47(21(3)4)43-27-12-11-18-34(27)30(44-48(45-47,22(5)6)23(7)8)29(42-32(39)25-13-15-26(41-10)16-14-25)31(46-34)37-19-17-28(35-24(9)38)36-33(37)40/h13-17,19-23,27,29-31H,11-12,18H2,1-10H3,(H,35,36,38,40)/t27-,29+,30-,31+,34?/m0/s1. The topological polar surface area (TPSA) is 127 Å². The molecule has 5 rings (SSSR count). The van der Waals surface area contributed by atoms with Crippen LogP contribution in [-0.2, 0) is 22.5 Å². The third-order valence-electron chi connectivity index (χ3n) is 10.1. The Bertz CT molecular complexity index is 1540. The molecule has 1 spiro atoms. The molecule has 2 aliphatic heterocycles.